The van der Waals surface area contributed by atoms with E-state index < -0.39 is 0 Å². The number of nitrogens with zero attached hydrogens (tertiary/aromatic N) is 2. The van der Waals surface area contributed by atoms with E-state index in [4.69, 9.17) is 16.3 Å². The summed E-state index contributed by atoms with van der Waals surface area (Å²) in [6.07, 6.45) is 2.64. The fourth-order valence-electron chi connectivity index (χ4n) is 3.70. The first kappa shape index (κ1) is 20.7. The lowest BCUT2D eigenvalue weighted by atomic mass is 10.1. The number of hydrogen-bond donors (Lipinski definition) is 1. The third kappa shape index (κ3) is 4.94. The van der Waals surface area contributed by atoms with Crippen molar-refractivity contribution in [2.45, 2.75) is 31.8 Å². The van der Waals surface area contributed by atoms with Crippen LogP contribution in [0.4, 0.5) is 5.69 Å². The minimum Gasteiger partial charge on any atom is -0.496 e. The number of hydrogen-bond acceptors (Lipinski definition) is 4. The zero-order valence-electron chi connectivity index (χ0n) is 16.9. The number of rotatable bonds is 7. The number of carbonyl (C=O) groups excluding carboxylic acids is 2. The van der Waals surface area contributed by atoms with E-state index in [-0.39, 0.29) is 23.8 Å². The molecule has 7 heteroatoms. The Morgan fingerprint density at radius 3 is 2.67 bits per heavy atom. The molecule has 0 spiro atoms. The number of likely N-dealkylation sites (tertiary alicyclic amines) is 1. The highest BCUT2D eigenvalue weighted by Gasteiger charge is 2.31. The number of carbonyl (C=O) groups is 2. The SMILES string of the molecule is COc1cc(NC(=O)C2CC2)c(Cl)cc1C(=O)[N][C@H]1CCN(Cc2ccccc2)C1. The van der Waals surface area contributed by atoms with Gasteiger partial charge in [-0.25, -0.2) is 5.32 Å². The van der Waals surface area contributed by atoms with E-state index in [0.717, 1.165) is 38.9 Å². The molecule has 1 saturated heterocycles. The second kappa shape index (κ2) is 9.06. The molecule has 157 valence electrons. The number of nitrogens with one attached hydrogen (secondary N) is 1. The number of anilines is 1. The van der Waals surface area contributed by atoms with Gasteiger partial charge in [-0.3, -0.25) is 14.5 Å². The Kier molecular flexibility index (Phi) is 6.25. The smallest absolute Gasteiger partial charge is 0.276 e. The molecule has 4 rings (SSSR count). The van der Waals surface area contributed by atoms with Crippen molar-refractivity contribution in [2.75, 3.05) is 25.5 Å². The second-order valence-electron chi connectivity index (χ2n) is 7.89. The van der Waals surface area contributed by atoms with Crippen molar-refractivity contribution in [1.82, 2.24) is 10.2 Å². The summed E-state index contributed by atoms with van der Waals surface area (Å²) in [5.74, 6) is 0.0236. The summed E-state index contributed by atoms with van der Waals surface area (Å²) in [5.41, 5.74) is 2.02. The van der Waals surface area contributed by atoms with Crippen LogP contribution < -0.4 is 15.4 Å². The van der Waals surface area contributed by atoms with Gasteiger partial charge in [-0.2, -0.15) is 0 Å². The van der Waals surface area contributed by atoms with Gasteiger partial charge in [0.25, 0.3) is 5.91 Å². The average Bonchev–Trinajstić information content (AvgIpc) is 3.51. The molecule has 2 aromatic rings. The highest BCUT2D eigenvalue weighted by atomic mass is 35.5. The van der Waals surface area contributed by atoms with Crippen LogP contribution in [0.25, 0.3) is 0 Å². The Morgan fingerprint density at radius 1 is 1.20 bits per heavy atom. The van der Waals surface area contributed by atoms with Crippen LogP contribution in [0.1, 0.15) is 35.2 Å². The van der Waals surface area contributed by atoms with Crippen LogP contribution in [0.3, 0.4) is 0 Å². The van der Waals surface area contributed by atoms with Gasteiger partial charge in [0.1, 0.15) is 5.75 Å². The molecule has 2 aromatic carbocycles. The van der Waals surface area contributed by atoms with Crippen molar-refractivity contribution < 1.29 is 14.3 Å². The summed E-state index contributed by atoms with van der Waals surface area (Å²) in [7, 11) is 1.49. The molecule has 2 amide bonds. The van der Waals surface area contributed by atoms with Gasteiger partial charge >= 0.3 is 0 Å². The summed E-state index contributed by atoms with van der Waals surface area (Å²) >= 11 is 6.33. The van der Waals surface area contributed by atoms with Crippen LogP contribution in [-0.4, -0.2) is 43.0 Å². The van der Waals surface area contributed by atoms with Crippen molar-refractivity contribution in [3.63, 3.8) is 0 Å². The average molecular weight is 427 g/mol. The first-order chi connectivity index (χ1) is 14.5. The molecule has 1 aliphatic carbocycles. The van der Waals surface area contributed by atoms with Gasteiger partial charge in [0.05, 0.1) is 29.4 Å². The molecule has 1 saturated carbocycles. The Morgan fingerprint density at radius 2 is 1.97 bits per heavy atom. The van der Waals surface area contributed by atoms with E-state index in [9.17, 15) is 9.59 Å². The molecule has 1 aliphatic heterocycles. The van der Waals surface area contributed by atoms with Crippen LogP contribution >= 0.6 is 11.6 Å². The Balaban J connectivity index is 1.39. The van der Waals surface area contributed by atoms with E-state index in [1.54, 1.807) is 6.07 Å². The lowest BCUT2D eigenvalue weighted by Gasteiger charge is -2.16. The number of benzene rings is 2. The van der Waals surface area contributed by atoms with Crippen molar-refractivity contribution in [3.05, 3.63) is 58.6 Å². The molecular weight excluding hydrogens is 402 g/mol. The monoisotopic (exact) mass is 426 g/mol. The summed E-state index contributed by atoms with van der Waals surface area (Å²) in [6, 6.07) is 13.3. The van der Waals surface area contributed by atoms with E-state index in [0.29, 0.717) is 22.0 Å². The van der Waals surface area contributed by atoms with Gasteiger partial charge in [0, 0.05) is 31.6 Å². The number of methoxy groups -OCH3 is 1. The standard InChI is InChI=1S/C23H25ClN3O3/c1-30-21-12-20(26-22(28)16-7-8-16)19(24)11-18(21)23(29)25-17-9-10-27(14-17)13-15-5-3-2-4-6-15/h2-6,11-12,16-17H,7-10,13-14H2,1H3,(H,26,28)/t17-/m0/s1. The van der Waals surface area contributed by atoms with Crippen LogP contribution in [0, 0.1) is 5.92 Å². The molecule has 6 nitrogen and oxygen atoms in total. The molecular formula is C23H25ClN3O3. The maximum absolute atomic E-state index is 12.8. The summed E-state index contributed by atoms with van der Waals surface area (Å²) in [4.78, 5) is 27.2. The maximum Gasteiger partial charge on any atom is 0.276 e. The summed E-state index contributed by atoms with van der Waals surface area (Å²) in [5, 5.41) is 7.53. The number of ether oxygens (including phenoxy) is 1. The molecule has 0 aromatic heterocycles. The Labute approximate surface area is 181 Å². The van der Waals surface area contributed by atoms with Gasteiger partial charge < -0.3 is 10.1 Å². The maximum atomic E-state index is 12.8. The van der Waals surface area contributed by atoms with Gasteiger partial charge in [-0.1, -0.05) is 41.9 Å². The molecule has 1 N–H and O–H groups in total. The number of amides is 2. The normalized spacial score (nSPS) is 18.8. The van der Waals surface area contributed by atoms with Gasteiger partial charge in [-0.15, -0.1) is 0 Å². The topological polar surface area (TPSA) is 72.7 Å². The zero-order valence-corrected chi connectivity index (χ0v) is 17.7. The molecule has 30 heavy (non-hydrogen) atoms. The number of halogens is 1. The molecule has 0 unspecified atom stereocenters. The van der Waals surface area contributed by atoms with Crippen molar-refractivity contribution in [1.29, 1.82) is 0 Å². The van der Waals surface area contributed by atoms with Crippen molar-refractivity contribution in [3.8, 4) is 5.75 Å². The molecule has 2 aliphatic rings. The van der Waals surface area contributed by atoms with Crippen LogP contribution in [0.5, 0.6) is 5.75 Å². The van der Waals surface area contributed by atoms with E-state index in [1.165, 1.54) is 18.7 Å². The Bertz CT molecular complexity index is 931. The molecule has 1 heterocycles. The third-order valence-corrected chi connectivity index (χ3v) is 5.83. The first-order valence-electron chi connectivity index (χ1n) is 10.2. The van der Waals surface area contributed by atoms with Gasteiger partial charge in [0.2, 0.25) is 5.91 Å². The van der Waals surface area contributed by atoms with Crippen LogP contribution in [0.15, 0.2) is 42.5 Å². The van der Waals surface area contributed by atoms with E-state index in [2.05, 4.69) is 27.7 Å². The first-order valence-corrected chi connectivity index (χ1v) is 10.6. The molecule has 1 atom stereocenters. The van der Waals surface area contributed by atoms with Gasteiger partial charge in [0.15, 0.2) is 0 Å². The molecule has 2 fully saturated rings. The predicted octanol–water partition coefficient (Wildman–Crippen LogP) is 3.72. The fourth-order valence-corrected chi connectivity index (χ4v) is 3.91. The lowest BCUT2D eigenvalue weighted by Crippen LogP contribution is -2.31. The lowest BCUT2D eigenvalue weighted by molar-refractivity contribution is -0.117. The van der Waals surface area contributed by atoms with Crippen molar-refractivity contribution >= 4 is 29.1 Å². The molecule has 0 bridgehead atoms. The third-order valence-electron chi connectivity index (χ3n) is 5.52. The van der Waals surface area contributed by atoms with Crippen molar-refractivity contribution in [2.24, 2.45) is 5.92 Å². The summed E-state index contributed by atoms with van der Waals surface area (Å²) < 4.78 is 5.38. The Hall–Kier alpha value is -2.57. The second-order valence-corrected chi connectivity index (χ2v) is 8.30. The quantitative estimate of drug-likeness (QED) is 0.732. The largest absolute Gasteiger partial charge is 0.496 e. The van der Waals surface area contributed by atoms with E-state index >= 15 is 0 Å². The van der Waals surface area contributed by atoms with Crippen LogP contribution in [-0.2, 0) is 11.3 Å². The predicted molar refractivity (Wildman–Crippen MR) is 116 cm³/mol. The fraction of sp³-hybridized carbons (Fsp3) is 0.391. The zero-order chi connectivity index (χ0) is 21.1. The highest BCUT2D eigenvalue weighted by molar-refractivity contribution is 6.34. The minimum atomic E-state index is -0.347. The highest BCUT2D eigenvalue weighted by Crippen LogP contribution is 2.34. The van der Waals surface area contributed by atoms with Gasteiger partial charge in [-0.05, 0) is 30.9 Å². The van der Waals surface area contributed by atoms with Crippen LogP contribution in [0.2, 0.25) is 5.02 Å². The minimum absolute atomic E-state index is 0.0489. The van der Waals surface area contributed by atoms with E-state index in [1.807, 2.05) is 18.2 Å². The summed E-state index contributed by atoms with van der Waals surface area (Å²) in [6.45, 7) is 2.50. The molecule has 1 radical (unpaired) electrons.